The van der Waals surface area contributed by atoms with Gasteiger partial charge in [0.25, 0.3) is 0 Å². The summed E-state index contributed by atoms with van der Waals surface area (Å²) in [6.07, 6.45) is 6.17. The molecule has 1 heterocycles. The first-order chi connectivity index (χ1) is 6.75. The lowest BCUT2D eigenvalue weighted by Crippen LogP contribution is -2.00. The highest BCUT2D eigenvalue weighted by Gasteiger charge is 2.22. The summed E-state index contributed by atoms with van der Waals surface area (Å²) < 4.78 is 0. The summed E-state index contributed by atoms with van der Waals surface area (Å²) in [6, 6.07) is 3.93. The molecule has 1 N–H and O–H groups in total. The highest BCUT2D eigenvalue weighted by molar-refractivity contribution is 5.13. The lowest BCUT2D eigenvalue weighted by atomic mass is 10.1. The van der Waals surface area contributed by atoms with E-state index in [4.69, 9.17) is 0 Å². The topological polar surface area (TPSA) is 33.1 Å². The zero-order chi connectivity index (χ0) is 9.97. The second-order valence-electron chi connectivity index (χ2n) is 4.30. The second-order valence-corrected chi connectivity index (χ2v) is 4.30. The van der Waals surface area contributed by atoms with E-state index in [1.807, 2.05) is 25.3 Å². The van der Waals surface area contributed by atoms with Gasteiger partial charge in [0.2, 0.25) is 0 Å². The van der Waals surface area contributed by atoms with Crippen molar-refractivity contribution in [2.75, 3.05) is 0 Å². The molecule has 0 aromatic carbocycles. The average molecular weight is 191 g/mol. The Balaban J connectivity index is 1.88. The predicted octanol–water partition coefficient (Wildman–Crippen LogP) is 2.61. The largest absolute Gasteiger partial charge is 0.387 e. The molecule has 2 nitrogen and oxygen atoms in total. The minimum atomic E-state index is -0.365. The van der Waals surface area contributed by atoms with Crippen LogP contribution in [0, 0.1) is 12.8 Å². The lowest BCUT2D eigenvalue weighted by Gasteiger charge is -2.09. The SMILES string of the molecule is Cc1ccc(C(O)CCC2CC2)nc1. The van der Waals surface area contributed by atoms with Crippen LogP contribution in [-0.2, 0) is 0 Å². The molecule has 0 aliphatic heterocycles. The predicted molar refractivity (Wildman–Crippen MR) is 55.9 cm³/mol. The Morgan fingerprint density at radius 3 is 2.86 bits per heavy atom. The van der Waals surface area contributed by atoms with E-state index in [2.05, 4.69) is 4.98 Å². The summed E-state index contributed by atoms with van der Waals surface area (Å²) in [5.74, 6) is 0.884. The van der Waals surface area contributed by atoms with Gasteiger partial charge in [-0.05, 0) is 37.3 Å². The van der Waals surface area contributed by atoms with Gasteiger partial charge in [0.05, 0.1) is 11.8 Å². The molecule has 1 aromatic heterocycles. The molecule has 14 heavy (non-hydrogen) atoms. The van der Waals surface area contributed by atoms with Gasteiger partial charge in [0, 0.05) is 6.20 Å². The van der Waals surface area contributed by atoms with Gasteiger partial charge in [0.15, 0.2) is 0 Å². The van der Waals surface area contributed by atoms with Crippen molar-refractivity contribution in [3.63, 3.8) is 0 Å². The van der Waals surface area contributed by atoms with Crippen molar-refractivity contribution in [2.45, 2.75) is 38.7 Å². The maximum atomic E-state index is 9.83. The zero-order valence-electron chi connectivity index (χ0n) is 8.61. The first-order valence-electron chi connectivity index (χ1n) is 5.36. The van der Waals surface area contributed by atoms with Gasteiger partial charge in [-0.2, -0.15) is 0 Å². The molecular formula is C12H17NO. The molecule has 0 saturated heterocycles. The normalized spacial score (nSPS) is 18.1. The average Bonchev–Trinajstić information content (AvgIpc) is 2.99. The van der Waals surface area contributed by atoms with Crippen LogP contribution in [0.5, 0.6) is 0 Å². The van der Waals surface area contributed by atoms with Crippen molar-refractivity contribution >= 4 is 0 Å². The molecule has 0 radical (unpaired) electrons. The van der Waals surface area contributed by atoms with Crippen molar-refractivity contribution < 1.29 is 5.11 Å². The molecule has 0 spiro atoms. The van der Waals surface area contributed by atoms with Gasteiger partial charge >= 0.3 is 0 Å². The van der Waals surface area contributed by atoms with E-state index in [1.54, 1.807) is 0 Å². The van der Waals surface area contributed by atoms with Crippen molar-refractivity contribution in [1.82, 2.24) is 4.98 Å². The summed E-state index contributed by atoms with van der Waals surface area (Å²) in [5.41, 5.74) is 1.96. The molecule has 1 unspecified atom stereocenters. The summed E-state index contributed by atoms with van der Waals surface area (Å²) in [6.45, 7) is 2.01. The smallest absolute Gasteiger partial charge is 0.0959 e. The number of rotatable bonds is 4. The van der Waals surface area contributed by atoms with Gasteiger partial charge in [-0.3, -0.25) is 4.98 Å². The molecule has 1 saturated carbocycles. The fourth-order valence-corrected chi connectivity index (χ4v) is 1.62. The summed E-state index contributed by atoms with van der Waals surface area (Å²) in [4.78, 5) is 4.23. The molecular weight excluding hydrogens is 174 g/mol. The Hall–Kier alpha value is -0.890. The van der Waals surface area contributed by atoms with Crippen LogP contribution in [0.25, 0.3) is 0 Å². The van der Waals surface area contributed by atoms with Crippen LogP contribution in [0.15, 0.2) is 18.3 Å². The minimum Gasteiger partial charge on any atom is -0.387 e. The molecule has 0 bridgehead atoms. The van der Waals surface area contributed by atoms with Gasteiger partial charge < -0.3 is 5.11 Å². The van der Waals surface area contributed by atoms with Gasteiger partial charge in [-0.25, -0.2) is 0 Å². The molecule has 1 aliphatic rings. The lowest BCUT2D eigenvalue weighted by molar-refractivity contribution is 0.157. The molecule has 1 aromatic rings. The maximum Gasteiger partial charge on any atom is 0.0959 e. The van der Waals surface area contributed by atoms with Crippen LogP contribution in [0.4, 0.5) is 0 Å². The van der Waals surface area contributed by atoms with E-state index in [1.165, 1.54) is 12.8 Å². The van der Waals surface area contributed by atoms with Crippen molar-refractivity contribution in [2.24, 2.45) is 5.92 Å². The third-order valence-corrected chi connectivity index (χ3v) is 2.82. The van der Waals surface area contributed by atoms with E-state index in [0.29, 0.717) is 0 Å². The molecule has 1 atom stereocenters. The van der Waals surface area contributed by atoms with E-state index in [0.717, 1.165) is 30.0 Å². The van der Waals surface area contributed by atoms with E-state index >= 15 is 0 Å². The summed E-state index contributed by atoms with van der Waals surface area (Å²) in [7, 11) is 0. The number of aliphatic hydroxyl groups excluding tert-OH is 1. The Morgan fingerprint density at radius 1 is 1.50 bits per heavy atom. The zero-order valence-corrected chi connectivity index (χ0v) is 8.61. The van der Waals surface area contributed by atoms with Crippen molar-refractivity contribution in [1.29, 1.82) is 0 Å². The monoisotopic (exact) mass is 191 g/mol. The minimum absolute atomic E-state index is 0.365. The van der Waals surface area contributed by atoms with Crippen molar-refractivity contribution in [3.05, 3.63) is 29.6 Å². The summed E-state index contributed by atoms with van der Waals surface area (Å²) >= 11 is 0. The molecule has 1 aliphatic carbocycles. The van der Waals surface area contributed by atoms with Gasteiger partial charge in [0.1, 0.15) is 0 Å². The fourth-order valence-electron chi connectivity index (χ4n) is 1.62. The van der Waals surface area contributed by atoms with Gasteiger partial charge in [-0.1, -0.05) is 18.9 Å². The molecule has 0 amide bonds. The maximum absolute atomic E-state index is 9.83. The van der Waals surface area contributed by atoms with Crippen LogP contribution in [0.3, 0.4) is 0 Å². The highest BCUT2D eigenvalue weighted by Crippen LogP contribution is 2.35. The Kier molecular flexibility index (Phi) is 2.82. The first kappa shape index (κ1) is 9.66. The fraction of sp³-hybridized carbons (Fsp3) is 0.583. The number of nitrogens with zero attached hydrogens (tertiary/aromatic N) is 1. The number of pyridine rings is 1. The van der Waals surface area contributed by atoms with Crippen LogP contribution >= 0.6 is 0 Å². The Bertz CT molecular complexity index is 290. The standard InChI is InChI=1S/C12H17NO/c1-9-2-6-11(13-8-9)12(14)7-5-10-3-4-10/h2,6,8,10,12,14H,3-5,7H2,1H3. The van der Waals surface area contributed by atoms with Crippen LogP contribution in [0.1, 0.15) is 43.0 Å². The molecule has 2 rings (SSSR count). The molecule has 1 fully saturated rings. The number of aromatic nitrogens is 1. The van der Waals surface area contributed by atoms with Crippen molar-refractivity contribution in [3.8, 4) is 0 Å². The molecule has 2 heteroatoms. The van der Waals surface area contributed by atoms with E-state index in [9.17, 15) is 5.11 Å². The van der Waals surface area contributed by atoms with E-state index < -0.39 is 0 Å². The number of aryl methyl sites for hydroxylation is 1. The Labute approximate surface area is 85.0 Å². The van der Waals surface area contributed by atoms with Crippen LogP contribution in [-0.4, -0.2) is 10.1 Å². The summed E-state index contributed by atoms with van der Waals surface area (Å²) in [5, 5.41) is 9.83. The van der Waals surface area contributed by atoms with Crippen LogP contribution < -0.4 is 0 Å². The van der Waals surface area contributed by atoms with E-state index in [-0.39, 0.29) is 6.10 Å². The highest BCUT2D eigenvalue weighted by atomic mass is 16.3. The number of aliphatic hydroxyl groups is 1. The Morgan fingerprint density at radius 2 is 2.29 bits per heavy atom. The van der Waals surface area contributed by atoms with Crippen LogP contribution in [0.2, 0.25) is 0 Å². The second kappa shape index (κ2) is 4.09. The quantitative estimate of drug-likeness (QED) is 0.793. The number of hydrogen-bond acceptors (Lipinski definition) is 2. The third-order valence-electron chi connectivity index (χ3n) is 2.82. The third kappa shape index (κ3) is 2.55. The first-order valence-corrected chi connectivity index (χ1v) is 5.36. The molecule has 76 valence electrons. The van der Waals surface area contributed by atoms with Gasteiger partial charge in [-0.15, -0.1) is 0 Å². The number of hydrogen-bond donors (Lipinski definition) is 1.